The van der Waals surface area contributed by atoms with Gasteiger partial charge >= 0.3 is 17.9 Å². The fourth-order valence-electron chi connectivity index (χ4n) is 8.22. The molecular weight excluding hydrogens is 745 g/mol. The summed E-state index contributed by atoms with van der Waals surface area (Å²) in [6.45, 7) is 9.04. The van der Waals surface area contributed by atoms with E-state index in [1.54, 1.807) is 0 Å². The number of rotatable bonds is 49. The van der Waals surface area contributed by atoms with E-state index in [-0.39, 0.29) is 31.1 Å². The van der Waals surface area contributed by atoms with E-state index >= 15 is 0 Å². The van der Waals surface area contributed by atoms with E-state index in [0.29, 0.717) is 19.3 Å². The van der Waals surface area contributed by atoms with Gasteiger partial charge in [-0.05, 0) is 25.2 Å². The largest absolute Gasteiger partial charge is 0.462 e. The van der Waals surface area contributed by atoms with Crippen molar-refractivity contribution in [2.45, 2.75) is 310 Å². The number of ether oxygens (including phenoxy) is 3. The van der Waals surface area contributed by atoms with Crippen molar-refractivity contribution < 1.29 is 28.6 Å². The second-order valence-corrected chi connectivity index (χ2v) is 19.0. The van der Waals surface area contributed by atoms with Gasteiger partial charge in [-0.1, -0.05) is 265 Å². The Kier molecular flexibility index (Phi) is 47.2. The van der Waals surface area contributed by atoms with Gasteiger partial charge in [0, 0.05) is 19.3 Å². The Labute approximate surface area is 374 Å². The first-order valence-electron chi connectivity index (χ1n) is 26.9. The van der Waals surface area contributed by atoms with Crippen LogP contribution in [0.25, 0.3) is 0 Å². The number of carbonyl (C=O) groups is 3. The van der Waals surface area contributed by atoms with Crippen LogP contribution in [-0.2, 0) is 28.6 Å². The maximum Gasteiger partial charge on any atom is 0.306 e. The third-order valence-corrected chi connectivity index (χ3v) is 12.3. The van der Waals surface area contributed by atoms with E-state index < -0.39 is 6.10 Å². The lowest BCUT2D eigenvalue weighted by Gasteiger charge is -2.18. The number of esters is 3. The predicted octanol–water partition coefficient (Wildman–Crippen LogP) is 17.5. The Morgan fingerprint density at radius 1 is 0.317 bits per heavy atom. The van der Waals surface area contributed by atoms with Crippen molar-refractivity contribution in [3.05, 3.63) is 0 Å². The van der Waals surface area contributed by atoms with Gasteiger partial charge in [-0.2, -0.15) is 0 Å². The van der Waals surface area contributed by atoms with Crippen LogP contribution in [0.2, 0.25) is 0 Å². The van der Waals surface area contributed by atoms with Crippen LogP contribution < -0.4 is 0 Å². The monoisotopic (exact) mass is 849 g/mol. The van der Waals surface area contributed by atoms with E-state index in [4.69, 9.17) is 14.2 Å². The quantitative estimate of drug-likeness (QED) is 0.0345. The average molecular weight is 849 g/mol. The molecule has 0 aromatic rings. The molecule has 0 spiro atoms. The second-order valence-electron chi connectivity index (χ2n) is 19.0. The Balaban J connectivity index is 4.28. The normalized spacial score (nSPS) is 11.9. The molecule has 0 aliphatic rings. The third-order valence-electron chi connectivity index (χ3n) is 12.3. The minimum atomic E-state index is -0.760. The Hall–Kier alpha value is -1.59. The molecule has 0 rings (SSSR count). The summed E-state index contributed by atoms with van der Waals surface area (Å²) >= 11 is 0. The summed E-state index contributed by atoms with van der Waals surface area (Å²) < 4.78 is 16.8. The second kappa shape index (κ2) is 48.4. The summed E-state index contributed by atoms with van der Waals surface area (Å²) in [6.07, 6.45) is 50.8. The molecule has 0 aliphatic carbocycles. The lowest BCUT2D eigenvalue weighted by molar-refractivity contribution is -0.167. The van der Waals surface area contributed by atoms with Crippen LogP contribution in [0, 0.1) is 5.92 Å². The van der Waals surface area contributed by atoms with Crippen LogP contribution in [-0.4, -0.2) is 37.2 Å². The minimum Gasteiger partial charge on any atom is -0.462 e. The molecule has 0 heterocycles. The molecule has 0 aliphatic heterocycles. The number of unbranched alkanes of at least 4 members (excludes halogenated alkanes) is 36. The van der Waals surface area contributed by atoms with Crippen LogP contribution in [0.3, 0.4) is 0 Å². The molecule has 0 bridgehead atoms. The van der Waals surface area contributed by atoms with E-state index in [2.05, 4.69) is 27.7 Å². The highest BCUT2D eigenvalue weighted by Gasteiger charge is 2.19. The number of carbonyl (C=O) groups excluding carboxylic acids is 3. The molecule has 0 amide bonds. The van der Waals surface area contributed by atoms with Gasteiger partial charge < -0.3 is 14.2 Å². The topological polar surface area (TPSA) is 78.9 Å². The van der Waals surface area contributed by atoms with Crippen LogP contribution in [0.5, 0.6) is 0 Å². The lowest BCUT2D eigenvalue weighted by Crippen LogP contribution is -2.30. The molecule has 0 saturated carbocycles. The van der Waals surface area contributed by atoms with Crippen LogP contribution in [0.15, 0.2) is 0 Å². The molecule has 0 N–H and O–H groups in total. The molecule has 0 fully saturated rings. The van der Waals surface area contributed by atoms with Gasteiger partial charge in [-0.25, -0.2) is 0 Å². The summed E-state index contributed by atoms with van der Waals surface area (Å²) in [6, 6.07) is 0. The van der Waals surface area contributed by atoms with Gasteiger partial charge in [0.1, 0.15) is 13.2 Å². The van der Waals surface area contributed by atoms with Crippen molar-refractivity contribution >= 4 is 17.9 Å². The van der Waals surface area contributed by atoms with Crippen molar-refractivity contribution in [2.75, 3.05) is 13.2 Å². The van der Waals surface area contributed by atoms with Gasteiger partial charge in [0.2, 0.25) is 0 Å². The SMILES string of the molecule is CCCCCCCCCCCCCCCC(=O)O[C@H](COC(=O)CCCCCCCCCCCCCC)COC(=O)CCCCCCCCCCCCCCCCC(C)C. The predicted molar refractivity (Wildman–Crippen MR) is 257 cm³/mol. The zero-order valence-corrected chi connectivity index (χ0v) is 40.9. The standard InChI is InChI=1S/C54H104O6/c1-5-7-9-11-13-15-17-21-27-31-35-39-43-47-54(57)60-51(48-58-52(55)45-41-37-33-29-25-18-16-14-12-10-8-6-2)49-59-53(56)46-42-38-34-30-26-23-20-19-22-24-28-32-36-40-44-50(3)4/h50-51H,5-49H2,1-4H3/t51-/m1/s1. The summed E-state index contributed by atoms with van der Waals surface area (Å²) in [5.41, 5.74) is 0. The molecule has 0 aromatic heterocycles. The number of hydrogen-bond acceptors (Lipinski definition) is 6. The lowest BCUT2D eigenvalue weighted by atomic mass is 10.0. The van der Waals surface area contributed by atoms with Gasteiger partial charge in [-0.3, -0.25) is 14.4 Å². The first-order valence-corrected chi connectivity index (χ1v) is 26.9. The van der Waals surface area contributed by atoms with Gasteiger partial charge in [-0.15, -0.1) is 0 Å². The van der Waals surface area contributed by atoms with Crippen LogP contribution in [0.1, 0.15) is 304 Å². The molecular formula is C54H104O6. The molecule has 0 saturated heterocycles. The summed E-state index contributed by atoms with van der Waals surface area (Å²) in [4.78, 5) is 38.0. The van der Waals surface area contributed by atoms with E-state index in [1.165, 1.54) is 199 Å². The smallest absolute Gasteiger partial charge is 0.306 e. The molecule has 6 heteroatoms. The summed E-state index contributed by atoms with van der Waals surface area (Å²) in [7, 11) is 0. The van der Waals surface area contributed by atoms with Gasteiger partial charge in [0.25, 0.3) is 0 Å². The molecule has 6 nitrogen and oxygen atoms in total. The van der Waals surface area contributed by atoms with Crippen molar-refractivity contribution in [3.8, 4) is 0 Å². The Morgan fingerprint density at radius 3 is 0.817 bits per heavy atom. The first kappa shape index (κ1) is 58.4. The summed E-state index contributed by atoms with van der Waals surface area (Å²) in [5, 5.41) is 0. The van der Waals surface area contributed by atoms with Crippen LogP contribution in [0.4, 0.5) is 0 Å². The van der Waals surface area contributed by atoms with Crippen molar-refractivity contribution in [1.82, 2.24) is 0 Å². The zero-order valence-electron chi connectivity index (χ0n) is 40.9. The highest BCUT2D eigenvalue weighted by molar-refractivity contribution is 5.71. The van der Waals surface area contributed by atoms with Crippen molar-refractivity contribution in [2.24, 2.45) is 5.92 Å². The van der Waals surface area contributed by atoms with Gasteiger partial charge in [0.05, 0.1) is 0 Å². The Bertz CT molecular complexity index is 903. The van der Waals surface area contributed by atoms with Crippen molar-refractivity contribution in [3.63, 3.8) is 0 Å². The average Bonchev–Trinajstić information content (AvgIpc) is 3.23. The van der Waals surface area contributed by atoms with E-state index in [0.717, 1.165) is 63.7 Å². The Morgan fingerprint density at radius 2 is 0.550 bits per heavy atom. The number of hydrogen-bond donors (Lipinski definition) is 0. The third kappa shape index (κ3) is 47.5. The van der Waals surface area contributed by atoms with Gasteiger partial charge in [0.15, 0.2) is 6.10 Å². The maximum absolute atomic E-state index is 12.8. The molecule has 1 atom stereocenters. The maximum atomic E-state index is 12.8. The molecule has 0 unspecified atom stereocenters. The molecule has 0 aromatic carbocycles. The van der Waals surface area contributed by atoms with E-state index in [1.807, 2.05) is 0 Å². The molecule has 60 heavy (non-hydrogen) atoms. The fraction of sp³-hybridized carbons (Fsp3) is 0.944. The molecule has 356 valence electrons. The highest BCUT2D eigenvalue weighted by atomic mass is 16.6. The molecule has 0 radical (unpaired) electrons. The first-order chi connectivity index (χ1) is 29.4. The fourth-order valence-corrected chi connectivity index (χ4v) is 8.22. The summed E-state index contributed by atoms with van der Waals surface area (Å²) in [5.74, 6) is 0.00392. The van der Waals surface area contributed by atoms with E-state index in [9.17, 15) is 14.4 Å². The van der Waals surface area contributed by atoms with Crippen molar-refractivity contribution in [1.29, 1.82) is 0 Å². The minimum absolute atomic E-state index is 0.0623. The highest BCUT2D eigenvalue weighted by Crippen LogP contribution is 2.17. The van der Waals surface area contributed by atoms with Crippen LogP contribution >= 0.6 is 0 Å². The zero-order chi connectivity index (χ0) is 43.8.